The second kappa shape index (κ2) is 3.42. The zero-order valence-electron chi connectivity index (χ0n) is 7.81. The first kappa shape index (κ1) is 9.50. The molecule has 0 aliphatic carbocycles. The molecule has 0 aliphatic heterocycles. The van der Waals surface area contributed by atoms with Crippen LogP contribution in [-0.4, -0.2) is 34.2 Å². The Labute approximate surface area is 75.7 Å². The molecule has 6 heteroatoms. The van der Waals surface area contributed by atoms with Gasteiger partial charge < -0.3 is 10.6 Å². The number of hydrogen-bond acceptors (Lipinski definition) is 5. The van der Waals surface area contributed by atoms with Gasteiger partial charge in [-0.2, -0.15) is 0 Å². The molecule has 0 saturated carbocycles. The average Bonchev–Trinajstić information content (AvgIpc) is 2.48. The molecule has 0 radical (unpaired) electrons. The molecule has 0 atom stereocenters. The zero-order valence-corrected chi connectivity index (χ0v) is 7.81. The lowest BCUT2D eigenvalue weighted by atomic mass is 10.3. The van der Waals surface area contributed by atoms with E-state index in [0.29, 0.717) is 0 Å². The molecule has 1 rings (SSSR count). The van der Waals surface area contributed by atoms with Gasteiger partial charge >= 0.3 is 0 Å². The lowest BCUT2D eigenvalue weighted by Gasteiger charge is -2.19. The normalized spacial score (nSPS) is 10.5. The average molecular weight is 184 g/mol. The third-order valence-corrected chi connectivity index (χ3v) is 1.81. The van der Waals surface area contributed by atoms with Crippen molar-refractivity contribution in [2.45, 2.75) is 19.9 Å². The van der Waals surface area contributed by atoms with Crippen LogP contribution >= 0.6 is 0 Å². The van der Waals surface area contributed by atoms with Crippen molar-refractivity contribution in [3.8, 4) is 0 Å². The minimum Gasteiger partial charge on any atom is -0.379 e. The summed E-state index contributed by atoms with van der Waals surface area (Å²) in [5, 5.41) is 6.74. The van der Waals surface area contributed by atoms with Gasteiger partial charge in [0.15, 0.2) is 0 Å². The Morgan fingerprint density at radius 3 is 2.54 bits per heavy atom. The highest BCUT2D eigenvalue weighted by atomic mass is 16.6. The van der Waals surface area contributed by atoms with Gasteiger partial charge in [-0.05, 0) is 24.2 Å². The first-order valence-corrected chi connectivity index (χ1v) is 3.89. The van der Waals surface area contributed by atoms with Gasteiger partial charge in [-0.25, -0.2) is 4.63 Å². The van der Waals surface area contributed by atoms with E-state index in [4.69, 9.17) is 5.73 Å². The van der Waals surface area contributed by atoms with E-state index in [9.17, 15) is 4.79 Å². The van der Waals surface area contributed by atoms with Crippen molar-refractivity contribution in [3.63, 3.8) is 0 Å². The first-order chi connectivity index (χ1) is 6.04. The molecular formula is C7H12N4O2. The van der Waals surface area contributed by atoms with Crippen molar-refractivity contribution in [2.75, 3.05) is 12.8 Å². The molecule has 0 aliphatic rings. The van der Waals surface area contributed by atoms with Crippen molar-refractivity contribution < 1.29 is 9.42 Å². The molecule has 2 N–H and O–H groups in total. The molecule has 0 unspecified atom stereocenters. The van der Waals surface area contributed by atoms with Crippen LogP contribution in [0.15, 0.2) is 4.63 Å². The van der Waals surface area contributed by atoms with E-state index in [2.05, 4.69) is 14.9 Å². The van der Waals surface area contributed by atoms with Crippen LogP contribution in [0.3, 0.4) is 0 Å². The molecule has 0 aromatic carbocycles. The second-order valence-electron chi connectivity index (χ2n) is 3.01. The third-order valence-electron chi connectivity index (χ3n) is 1.81. The van der Waals surface area contributed by atoms with Crippen molar-refractivity contribution in [2.24, 2.45) is 0 Å². The largest absolute Gasteiger partial charge is 0.379 e. The van der Waals surface area contributed by atoms with Gasteiger partial charge in [-0.1, -0.05) is 0 Å². The van der Waals surface area contributed by atoms with Crippen LogP contribution in [0, 0.1) is 0 Å². The summed E-state index contributed by atoms with van der Waals surface area (Å²) in [5.74, 6) is -0.258. The van der Waals surface area contributed by atoms with Crippen molar-refractivity contribution in [3.05, 3.63) is 5.69 Å². The summed E-state index contributed by atoms with van der Waals surface area (Å²) < 4.78 is 4.32. The van der Waals surface area contributed by atoms with Gasteiger partial charge in [0.2, 0.25) is 11.5 Å². The predicted octanol–water partition coefficient (Wildman–Crippen LogP) is 0.132. The Balaban J connectivity index is 2.86. The van der Waals surface area contributed by atoms with E-state index in [1.807, 2.05) is 13.8 Å². The summed E-state index contributed by atoms with van der Waals surface area (Å²) in [6.45, 7) is 3.78. The molecule has 0 saturated heterocycles. The molecule has 1 aromatic rings. The van der Waals surface area contributed by atoms with Gasteiger partial charge in [0.05, 0.1) is 0 Å². The fraction of sp³-hybridized carbons (Fsp3) is 0.571. The number of nitrogens with two attached hydrogens (primary N) is 1. The summed E-state index contributed by atoms with van der Waals surface area (Å²) in [6.07, 6.45) is 0. The van der Waals surface area contributed by atoms with Gasteiger partial charge in [0.1, 0.15) is 0 Å². The first-order valence-electron chi connectivity index (χ1n) is 3.89. The number of rotatable bonds is 2. The lowest BCUT2D eigenvalue weighted by molar-refractivity contribution is 0.0744. The number of carbonyl (C=O) groups is 1. The Bertz CT molecular complexity index is 307. The molecule has 6 nitrogen and oxygen atoms in total. The number of anilines is 1. The second-order valence-corrected chi connectivity index (χ2v) is 3.01. The molecule has 1 heterocycles. The fourth-order valence-corrected chi connectivity index (χ4v) is 0.745. The molecule has 0 fully saturated rings. The molecule has 72 valence electrons. The van der Waals surface area contributed by atoms with Gasteiger partial charge in [-0.15, -0.1) is 0 Å². The van der Waals surface area contributed by atoms with E-state index >= 15 is 0 Å². The Kier molecular flexibility index (Phi) is 2.50. The quantitative estimate of drug-likeness (QED) is 0.706. The highest BCUT2D eigenvalue weighted by Gasteiger charge is 2.21. The maximum atomic E-state index is 11.6. The standard InChI is InChI=1S/C7H12N4O2/c1-4(2)11(3)7(12)5-6(8)10-13-9-5/h4H,1-3H3,(H2,8,10). The number of carbonyl (C=O) groups excluding carboxylic acids is 1. The Morgan fingerprint density at radius 2 is 2.15 bits per heavy atom. The monoisotopic (exact) mass is 184 g/mol. The third kappa shape index (κ3) is 1.77. The number of hydrogen-bond donors (Lipinski definition) is 1. The fourth-order valence-electron chi connectivity index (χ4n) is 0.745. The van der Waals surface area contributed by atoms with Crippen molar-refractivity contribution in [1.29, 1.82) is 0 Å². The van der Waals surface area contributed by atoms with Crippen LogP contribution in [-0.2, 0) is 0 Å². The van der Waals surface area contributed by atoms with E-state index in [1.165, 1.54) is 4.90 Å². The number of nitrogen functional groups attached to an aromatic ring is 1. The maximum Gasteiger partial charge on any atom is 0.279 e. The van der Waals surface area contributed by atoms with E-state index in [0.717, 1.165) is 0 Å². The lowest BCUT2D eigenvalue weighted by Crippen LogP contribution is -2.33. The topological polar surface area (TPSA) is 85.2 Å². The SMILES string of the molecule is CC(C)N(C)C(=O)c1nonc1N. The van der Waals surface area contributed by atoms with Crippen LogP contribution in [0.2, 0.25) is 0 Å². The molecule has 13 heavy (non-hydrogen) atoms. The number of nitrogens with zero attached hydrogens (tertiary/aromatic N) is 3. The molecule has 0 spiro atoms. The van der Waals surface area contributed by atoms with E-state index < -0.39 is 0 Å². The number of amides is 1. The summed E-state index contributed by atoms with van der Waals surface area (Å²) in [6, 6.07) is 0.0867. The Hall–Kier alpha value is -1.59. The summed E-state index contributed by atoms with van der Waals surface area (Å²) in [5.41, 5.74) is 5.43. The summed E-state index contributed by atoms with van der Waals surface area (Å²) >= 11 is 0. The van der Waals surface area contributed by atoms with Crippen molar-refractivity contribution >= 4 is 11.7 Å². The van der Waals surface area contributed by atoms with Crippen LogP contribution in [0.4, 0.5) is 5.82 Å². The van der Waals surface area contributed by atoms with Gasteiger partial charge in [0.25, 0.3) is 5.91 Å². The van der Waals surface area contributed by atoms with Crippen LogP contribution < -0.4 is 5.73 Å². The molecule has 1 amide bonds. The zero-order chi connectivity index (χ0) is 10.0. The Morgan fingerprint density at radius 1 is 1.54 bits per heavy atom. The molecule has 1 aromatic heterocycles. The summed E-state index contributed by atoms with van der Waals surface area (Å²) in [4.78, 5) is 13.1. The predicted molar refractivity (Wildman–Crippen MR) is 45.9 cm³/mol. The van der Waals surface area contributed by atoms with E-state index in [-0.39, 0.29) is 23.5 Å². The maximum absolute atomic E-state index is 11.6. The van der Waals surface area contributed by atoms with Crippen LogP contribution in [0.1, 0.15) is 24.3 Å². The van der Waals surface area contributed by atoms with Gasteiger partial charge in [-0.3, -0.25) is 4.79 Å². The van der Waals surface area contributed by atoms with Gasteiger partial charge in [0, 0.05) is 13.1 Å². The highest BCUT2D eigenvalue weighted by molar-refractivity contribution is 5.95. The van der Waals surface area contributed by atoms with Crippen LogP contribution in [0.25, 0.3) is 0 Å². The smallest absolute Gasteiger partial charge is 0.279 e. The van der Waals surface area contributed by atoms with Crippen molar-refractivity contribution in [1.82, 2.24) is 15.2 Å². The number of aromatic nitrogens is 2. The molecular weight excluding hydrogens is 172 g/mol. The highest BCUT2D eigenvalue weighted by Crippen LogP contribution is 2.08. The summed E-state index contributed by atoms with van der Waals surface area (Å²) in [7, 11) is 1.67. The van der Waals surface area contributed by atoms with Crippen LogP contribution in [0.5, 0.6) is 0 Å². The van der Waals surface area contributed by atoms with E-state index in [1.54, 1.807) is 7.05 Å². The minimum atomic E-state index is -0.284. The molecule has 0 bridgehead atoms. The minimum absolute atomic E-state index is 0.0255.